The maximum Gasteiger partial charge on any atom is 0.287 e. The van der Waals surface area contributed by atoms with Crippen molar-refractivity contribution in [2.75, 3.05) is 13.3 Å². The van der Waals surface area contributed by atoms with E-state index in [9.17, 15) is 9.90 Å². The number of benzene rings is 2. The van der Waals surface area contributed by atoms with Crippen LogP contribution in [0.15, 0.2) is 52.9 Å². The number of carbonyl (C=O) groups is 1. The van der Waals surface area contributed by atoms with Crippen LogP contribution >= 0.6 is 0 Å². The Morgan fingerprint density at radius 1 is 1.16 bits per heavy atom. The van der Waals surface area contributed by atoms with Crippen molar-refractivity contribution in [3.8, 4) is 11.5 Å². The van der Waals surface area contributed by atoms with Gasteiger partial charge in [0.25, 0.3) is 5.91 Å². The number of aliphatic hydroxyl groups is 1. The minimum absolute atomic E-state index is 0.0303. The van der Waals surface area contributed by atoms with Gasteiger partial charge >= 0.3 is 0 Å². The lowest BCUT2D eigenvalue weighted by Crippen LogP contribution is -2.38. The van der Waals surface area contributed by atoms with Gasteiger partial charge in [-0.25, -0.2) is 0 Å². The zero-order valence-corrected chi connectivity index (χ0v) is 13.6. The molecule has 2 heterocycles. The Balaban J connectivity index is 1.48. The Labute approximate surface area is 144 Å². The fourth-order valence-corrected chi connectivity index (χ4v) is 2.77. The Morgan fingerprint density at radius 2 is 1.96 bits per heavy atom. The average Bonchev–Trinajstić information content (AvgIpc) is 3.25. The van der Waals surface area contributed by atoms with E-state index in [2.05, 4.69) is 5.32 Å². The summed E-state index contributed by atoms with van der Waals surface area (Å²) in [5, 5.41) is 14.3. The van der Waals surface area contributed by atoms with Crippen LogP contribution in [0.2, 0.25) is 0 Å². The Hall–Kier alpha value is -2.99. The maximum atomic E-state index is 12.3. The summed E-state index contributed by atoms with van der Waals surface area (Å²) in [7, 11) is 0. The summed E-state index contributed by atoms with van der Waals surface area (Å²) in [4.78, 5) is 12.3. The molecule has 1 aliphatic heterocycles. The number of ether oxygens (including phenoxy) is 2. The number of amides is 1. The minimum atomic E-state index is -1.26. The van der Waals surface area contributed by atoms with Crippen LogP contribution in [0, 0.1) is 0 Å². The lowest BCUT2D eigenvalue weighted by atomic mass is 9.95. The Morgan fingerprint density at radius 3 is 2.80 bits per heavy atom. The molecule has 6 nitrogen and oxygen atoms in total. The van der Waals surface area contributed by atoms with Crippen LogP contribution in [0.25, 0.3) is 11.0 Å². The van der Waals surface area contributed by atoms with Crippen molar-refractivity contribution in [3.63, 3.8) is 0 Å². The number of hydrogen-bond donors (Lipinski definition) is 2. The summed E-state index contributed by atoms with van der Waals surface area (Å²) in [6.07, 6.45) is 0. The molecule has 0 spiro atoms. The van der Waals surface area contributed by atoms with Crippen molar-refractivity contribution in [1.82, 2.24) is 5.32 Å². The summed E-state index contributed by atoms with van der Waals surface area (Å²) >= 11 is 0. The number of nitrogens with one attached hydrogen (secondary N) is 1. The lowest BCUT2D eigenvalue weighted by Gasteiger charge is -2.24. The standard InChI is InChI=1S/C19H17NO5/c1-19(22,13-6-7-15-16(9-13)24-11-23-15)10-20-18(21)17-8-12-4-2-3-5-14(12)25-17/h2-9,22H,10-11H2,1H3,(H,20,21). The molecule has 1 amide bonds. The van der Waals surface area contributed by atoms with E-state index in [1.165, 1.54) is 0 Å². The molecule has 1 aliphatic rings. The average molecular weight is 339 g/mol. The van der Waals surface area contributed by atoms with Crippen molar-refractivity contribution in [2.24, 2.45) is 0 Å². The van der Waals surface area contributed by atoms with Crippen LogP contribution in [-0.2, 0) is 5.60 Å². The monoisotopic (exact) mass is 339 g/mol. The molecular formula is C19H17NO5. The van der Waals surface area contributed by atoms with E-state index in [1.54, 1.807) is 37.3 Å². The normalized spacial score (nSPS) is 15.1. The van der Waals surface area contributed by atoms with E-state index in [4.69, 9.17) is 13.9 Å². The van der Waals surface area contributed by atoms with E-state index in [0.717, 1.165) is 5.39 Å². The third kappa shape index (κ3) is 2.92. The minimum Gasteiger partial charge on any atom is -0.454 e. The highest BCUT2D eigenvalue weighted by molar-refractivity contribution is 5.96. The summed E-state index contributed by atoms with van der Waals surface area (Å²) in [6.45, 7) is 1.83. The first-order valence-electron chi connectivity index (χ1n) is 7.92. The van der Waals surface area contributed by atoms with E-state index < -0.39 is 5.60 Å². The van der Waals surface area contributed by atoms with Gasteiger partial charge in [-0.2, -0.15) is 0 Å². The highest BCUT2D eigenvalue weighted by Crippen LogP contribution is 2.35. The second-order valence-corrected chi connectivity index (χ2v) is 6.17. The van der Waals surface area contributed by atoms with Gasteiger partial charge in [0.15, 0.2) is 17.3 Å². The van der Waals surface area contributed by atoms with Gasteiger partial charge in [-0.3, -0.25) is 4.79 Å². The van der Waals surface area contributed by atoms with Gasteiger partial charge in [-0.05, 0) is 36.8 Å². The molecule has 0 saturated carbocycles. The summed E-state index contributed by atoms with van der Waals surface area (Å²) in [5.41, 5.74) is 0.0136. The van der Waals surface area contributed by atoms with E-state index in [-0.39, 0.29) is 25.0 Å². The Kier molecular flexibility index (Phi) is 3.62. The molecule has 128 valence electrons. The smallest absolute Gasteiger partial charge is 0.287 e. The van der Waals surface area contributed by atoms with E-state index in [1.807, 2.05) is 18.2 Å². The van der Waals surface area contributed by atoms with Gasteiger partial charge in [0, 0.05) is 5.39 Å². The molecule has 3 aromatic rings. The molecule has 0 fully saturated rings. The largest absolute Gasteiger partial charge is 0.454 e. The first-order chi connectivity index (χ1) is 12.0. The van der Waals surface area contributed by atoms with Gasteiger partial charge in [0.2, 0.25) is 6.79 Å². The van der Waals surface area contributed by atoms with Crippen LogP contribution in [0.3, 0.4) is 0 Å². The molecule has 0 aliphatic carbocycles. The van der Waals surface area contributed by atoms with Gasteiger partial charge in [0.05, 0.1) is 6.54 Å². The van der Waals surface area contributed by atoms with Crippen LogP contribution < -0.4 is 14.8 Å². The number of furan rings is 1. The summed E-state index contributed by atoms with van der Waals surface area (Å²) < 4.78 is 16.1. The van der Waals surface area contributed by atoms with Gasteiger partial charge in [0.1, 0.15) is 11.2 Å². The van der Waals surface area contributed by atoms with Gasteiger partial charge < -0.3 is 24.3 Å². The summed E-state index contributed by atoms with van der Waals surface area (Å²) in [5.74, 6) is 1.06. The van der Waals surface area contributed by atoms with Gasteiger partial charge in [-0.15, -0.1) is 0 Å². The highest BCUT2D eigenvalue weighted by atomic mass is 16.7. The fraction of sp³-hybridized carbons (Fsp3) is 0.211. The third-order valence-electron chi connectivity index (χ3n) is 4.24. The predicted octanol–water partition coefficient (Wildman–Crippen LogP) is 2.80. The molecule has 1 unspecified atom stereocenters. The molecule has 0 bridgehead atoms. The first-order valence-corrected chi connectivity index (χ1v) is 7.92. The van der Waals surface area contributed by atoms with Crippen molar-refractivity contribution in [2.45, 2.75) is 12.5 Å². The molecule has 0 saturated heterocycles. The van der Waals surface area contributed by atoms with Crippen LogP contribution in [0.1, 0.15) is 23.0 Å². The van der Waals surface area contributed by atoms with Crippen molar-refractivity contribution >= 4 is 16.9 Å². The molecule has 2 N–H and O–H groups in total. The van der Waals surface area contributed by atoms with Crippen LogP contribution in [0.4, 0.5) is 0 Å². The fourth-order valence-electron chi connectivity index (χ4n) is 2.77. The molecule has 2 aromatic carbocycles. The molecular weight excluding hydrogens is 322 g/mol. The number of fused-ring (bicyclic) bond motifs is 2. The topological polar surface area (TPSA) is 80.9 Å². The SMILES string of the molecule is CC(O)(CNC(=O)c1cc2ccccc2o1)c1ccc2c(c1)OCO2. The number of rotatable bonds is 4. The highest BCUT2D eigenvalue weighted by Gasteiger charge is 2.27. The lowest BCUT2D eigenvalue weighted by molar-refractivity contribution is 0.0518. The van der Waals surface area contributed by atoms with E-state index >= 15 is 0 Å². The predicted molar refractivity (Wildman–Crippen MR) is 90.7 cm³/mol. The second-order valence-electron chi connectivity index (χ2n) is 6.17. The molecule has 4 rings (SSSR count). The third-order valence-corrected chi connectivity index (χ3v) is 4.24. The van der Waals surface area contributed by atoms with Crippen molar-refractivity contribution in [1.29, 1.82) is 0 Å². The molecule has 1 aromatic heterocycles. The second kappa shape index (κ2) is 5.82. The van der Waals surface area contributed by atoms with Crippen molar-refractivity contribution in [3.05, 3.63) is 59.9 Å². The number of carbonyl (C=O) groups excluding carboxylic acids is 1. The number of hydrogen-bond acceptors (Lipinski definition) is 5. The molecule has 1 atom stereocenters. The zero-order valence-electron chi connectivity index (χ0n) is 13.6. The zero-order chi connectivity index (χ0) is 17.4. The molecule has 0 radical (unpaired) electrons. The van der Waals surface area contributed by atoms with E-state index in [0.29, 0.717) is 22.6 Å². The summed E-state index contributed by atoms with van der Waals surface area (Å²) in [6, 6.07) is 14.3. The quantitative estimate of drug-likeness (QED) is 0.764. The van der Waals surface area contributed by atoms with Gasteiger partial charge in [-0.1, -0.05) is 24.3 Å². The molecule has 6 heteroatoms. The first kappa shape index (κ1) is 15.5. The van der Waals surface area contributed by atoms with Crippen LogP contribution in [0.5, 0.6) is 11.5 Å². The van der Waals surface area contributed by atoms with Crippen molar-refractivity contribution < 1.29 is 23.8 Å². The Bertz CT molecular complexity index is 911. The number of para-hydroxylation sites is 1. The maximum absolute atomic E-state index is 12.3. The van der Waals surface area contributed by atoms with Crippen LogP contribution in [-0.4, -0.2) is 24.4 Å². The molecule has 25 heavy (non-hydrogen) atoms.